The third kappa shape index (κ3) is 8.94. The second kappa shape index (κ2) is 17.1. The Bertz CT molecular complexity index is 2020. The molecular formula is C38H45N8O4-. The number of aryl methyl sites for hydroxylation is 1. The average molecular weight is 678 g/mol. The number of aromatic hydroxyl groups is 1. The maximum atomic E-state index is 12.7. The van der Waals surface area contributed by atoms with E-state index in [1.807, 2.05) is 68.5 Å². The van der Waals surface area contributed by atoms with Crippen molar-refractivity contribution in [2.24, 2.45) is 4.99 Å². The summed E-state index contributed by atoms with van der Waals surface area (Å²) in [5, 5.41) is 28.2. The second-order valence-electron chi connectivity index (χ2n) is 12.3. The summed E-state index contributed by atoms with van der Waals surface area (Å²) in [5.41, 5.74) is 5.27. The summed E-state index contributed by atoms with van der Waals surface area (Å²) in [7, 11) is 0. The maximum absolute atomic E-state index is 12.7. The molecular weight excluding hydrogens is 632 g/mol. The first-order chi connectivity index (χ1) is 24.5. The summed E-state index contributed by atoms with van der Waals surface area (Å²) in [5.74, 6) is 0.885. The molecule has 4 heterocycles. The number of hydrogen-bond acceptors (Lipinski definition) is 10. The normalized spacial score (nSPS) is 14.8. The van der Waals surface area contributed by atoms with Gasteiger partial charge in [-0.1, -0.05) is 42.5 Å². The first kappa shape index (κ1) is 34.8. The molecule has 262 valence electrons. The molecule has 12 heteroatoms. The lowest BCUT2D eigenvalue weighted by Gasteiger charge is -2.26. The van der Waals surface area contributed by atoms with Gasteiger partial charge in [-0.15, -0.1) is 0 Å². The molecule has 0 radical (unpaired) electrons. The van der Waals surface area contributed by atoms with Gasteiger partial charge in [-0.3, -0.25) is 14.9 Å². The Morgan fingerprint density at radius 3 is 2.66 bits per heavy atom. The van der Waals surface area contributed by atoms with Crippen molar-refractivity contribution in [2.45, 2.75) is 46.5 Å². The molecule has 1 fully saturated rings. The molecule has 6 rings (SSSR count). The van der Waals surface area contributed by atoms with Crippen molar-refractivity contribution < 1.29 is 19.7 Å². The number of rotatable bonds is 15. The minimum Gasteiger partial charge on any atom is -0.846 e. The van der Waals surface area contributed by atoms with Gasteiger partial charge < -0.3 is 34.1 Å². The lowest BCUT2D eigenvalue weighted by molar-refractivity contribution is -0.286. The molecule has 1 aliphatic rings. The van der Waals surface area contributed by atoms with Gasteiger partial charge in [0.2, 0.25) is 5.95 Å². The van der Waals surface area contributed by atoms with Gasteiger partial charge in [-0.25, -0.2) is 9.97 Å². The summed E-state index contributed by atoms with van der Waals surface area (Å²) in [6, 6.07) is 19.2. The van der Waals surface area contributed by atoms with Crippen LogP contribution in [-0.2, 0) is 35.7 Å². The summed E-state index contributed by atoms with van der Waals surface area (Å²) in [6.45, 7) is 11.1. The van der Waals surface area contributed by atoms with E-state index < -0.39 is 0 Å². The van der Waals surface area contributed by atoms with Gasteiger partial charge in [0.05, 0.1) is 67.3 Å². The average Bonchev–Trinajstić information content (AvgIpc) is 3.64. The number of nitrogens with one attached hydrogen (secondary N) is 1. The maximum Gasteiger partial charge on any atom is 0.204 e. The Labute approximate surface area is 292 Å². The quantitative estimate of drug-likeness (QED) is 0.127. The topological polar surface area (TPSA) is 138 Å². The molecule has 0 bridgehead atoms. The zero-order chi connectivity index (χ0) is 34.7. The molecule has 0 spiro atoms. The standard InChI is InChI=1S/C38H46N8O4/c1-3-31-34(45(38(48)43-31)20-23-50-27-29-8-5-4-6-9-29)14-16-39-25-30-11-12-32-35(24-30)46(26-33-36(47)13-10-28(2)41-33)37(42-32)40-15-7-17-44-18-21-49-22-19-44/h3-6,8-14,16,24,47H,7,15,17-23,25-27H2,1-2H3,(H,40,42)(H,43,48)/p-1/b31-3+,34-14+,39-16?. The number of fused-ring (bicyclic) bond motifs is 1. The van der Waals surface area contributed by atoms with Crippen LogP contribution in [0.25, 0.3) is 23.2 Å². The lowest BCUT2D eigenvalue weighted by atomic mass is 10.2. The van der Waals surface area contributed by atoms with E-state index in [1.54, 1.807) is 22.9 Å². The zero-order valence-electron chi connectivity index (χ0n) is 28.8. The van der Waals surface area contributed by atoms with E-state index in [2.05, 4.69) is 35.8 Å². The van der Waals surface area contributed by atoms with Gasteiger partial charge in [0.15, 0.2) is 0 Å². The molecule has 0 amide bonds. The van der Waals surface area contributed by atoms with E-state index in [0.29, 0.717) is 49.2 Å². The highest BCUT2D eigenvalue weighted by atomic mass is 16.5. The Morgan fingerprint density at radius 1 is 1.00 bits per heavy atom. The molecule has 3 aromatic heterocycles. The van der Waals surface area contributed by atoms with E-state index in [9.17, 15) is 10.2 Å². The van der Waals surface area contributed by atoms with Crippen LogP contribution in [0.3, 0.4) is 0 Å². The zero-order valence-corrected chi connectivity index (χ0v) is 28.8. The van der Waals surface area contributed by atoms with E-state index in [0.717, 1.165) is 79.6 Å². The molecule has 50 heavy (non-hydrogen) atoms. The van der Waals surface area contributed by atoms with Crippen LogP contribution in [0.4, 0.5) is 5.95 Å². The molecule has 1 saturated heterocycles. The number of hydrogen-bond donors (Lipinski definition) is 2. The van der Waals surface area contributed by atoms with Crippen molar-refractivity contribution in [3.05, 3.63) is 93.9 Å². The summed E-state index contributed by atoms with van der Waals surface area (Å²) in [6.07, 6.45) is 6.35. The van der Waals surface area contributed by atoms with Gasteiger partial charge in [-0.2, -0.15) is 0 Å². The highest BCUT2D eigenvalue weighted by Crippen LogP contribution is 2.25. The highest BCUT2D eigenvalue weighted by Gasteiger charge is 2.15. The number of aromatic nitrogens is 5. The Kier molecular flexibility index (Phi) is 11.9. The molecule has 0 saturated carbocycles. The number of morpholine rings is 1. The molecule has 5 aromatic rings. The van der Waals surface area contributed by atoms with E-state index in [4.69, 9.17) is 14.5 Å². The Balaban J connectivity index is 1.17. The number of ether oxygens (including phenoxy) is 2. The van der Waals surface area contributed by atoms with Crippen molar-refractivity contribution in [1.82, 2.24) is 29.0 Å². The monoisotopic (exact) mass is 677 g/mol. The van der Waals surface area contributed by atoms with E-state index in [-0.39, 0.29) is 11.8 Å². The van der Waals surface area contributed by atoms with Crippen LogP contribution in [0.1, 0.15) is 35.9 Å². The molecule has 0 unspecified atom stereocenters. The largest absolute Gasteiger partial charge is 0.846 e. The number of anilines is 1. The number of nitrogens with zero attached hydrogens (tertiary/aromatic N) is 7. The number of benzene rings is 2. The van der Waals surface area contributed by atoms with E-state index >= 15 is 0 Å². The first-order valence-corrected chi connectivity index (χ1v) is 17.2. The van der Waals surface area contributed by atoms with Crippen molar-refractivity contribution >= 4 is 35.3 Å². The highest BCUT2D eigenvalue weighted by molar-refractivity contribution is 5.90. The minimum atomic E-state index is -0.306. The third-order valence-electron chi connectivity index (χ3n) is 8.70. The fourth-order valence-corrected chi connectivity index (χ4v) is 6.03. The third-order valence-corrected chi connectivity index (χ3v) is 8.70. The summed E-state index contributed by atoms with van der Waals surface area (Å²) >= 11 is 0. The van der Waals surface area contributed by atoms with Crippen LogP contribution in [-0.4, -0.2) is 86.3 Å². The van der Waals surface area contributed by atoms with Gasteiger partial charge in [0.25, 0.3) is 0 Å². The molecule has 2 N–H and O–H groups in total. The predicted molar refractivity (Wildman–Crippen MR) is 194 cm³/mol. The molecule has 0 aliphatic carbocycles. The second-order valence-corrected chi connectivity index (χ2v) is 12.3. The van der Waals surface area contributed by atoms with Crippen molar-refractivity contribution in [3.63, 3.8) is 0 Å². The molecule has 12 nitrogen and oxygen atoms in total. The lowest BCUT2D eigenvalue weighted by Crippen LogP contribution is -2.37. The Morgan fingerprint density at radius 2 is 1.84 bits per heavy atom. The van der Waals surface area contributed by atoms with Crippen molar-refractivity contribution in [1.29, 1.82) is 0 Å². The number of aliphatic imine (C=N–C) groups is 1. The number of imidazole rings is 2. The smallest absolute Gasteiger partial charge is 0.204 e. The predicted octanol–water partition coefficient (Wildman–Crippen LogP) is 2.97. The Hall–Kier alpha value is -5.04. The van der Waals surface area contributed by atoms with Gasteiger partial charge in [-0.05, 0) is 68.3 Å². The fraction of sp³-hybridized carbons (Fsp3) is 0.368. The molecule has 0 atom stereocenters. The number of pyridine rings is 1. The summed E-state index contributed by atoms with van der Waals surface area (Å²) in [4.78, 5) is 20.8. The molecule has 1 aliphatic heterocycles. The van der Waals surface area contributed by atoms with Crippen LogP contribution in [0, 0.1) is 6.92 Å². The van der Waals surface area contributed by atoms with Crippen LogP contribution >= 0.6 is 0 Å². The van der Waals surface area contributed by atoms with Crippen LogP contribution in [0.2, 0.25) is 0 Å². The van der Waals surface area contributed by atoms with Gasteiger partial charge in [0.1, 0.15) is 11.4 Å². The van der Waals surface area contributed by atoms with Gasteiger partial charge >= 0.3 is 0 Å². The SMILES string of the molecule is C/C=c1/nc([O-])n(CCOCc2ccccc2)/c1=C/C=NCc1ccc2nc(NCCCN3CCOCC3)n(Cc3nc(C)ccc3O)c2c1. The van der Waals surface area contributed by atoms with Crippen LogP contribution in [0.5, 0.6) is 11.8 Å². The first-order valence-electron chi connectivity index (χ1n) is 17.2. The van der Waals surface area contributed by atoms with Crippen LogP contribution < -0.4 is 21.1 Å². The minimum absolute atomic E-state index is 0.152. The fourth-order valence-electron chi connectivity index (χ4n) is 6.03. The molecule has 2 aromatic carbocycles. The van der Waals surface area contributed by atoms with Gasteiger partial charge in [0, 0.05) is 38.1 Å². The summed E-state index contributed by atoms with van der Waals surface area (Å²) < 4.78 is 15.0. The van der Waals surface area contributed by atoms with Crippen LogP contribution in [0.15, 0.2) is 65.7 Å². The van der Waals surface area contributed by atoms with Crippen molar-refractivity contribution in [2.75, 3.05) is 51.3 Å². The van der Waals surface area contributed by atoms with Crippen molar-refractivity contribution in [3.8, 4) is 11.8 Å². The van der Waals surface area contributed by atoms with E-state index in [1.165, 1.54) is 0 Å².